The van der Waals surface area contributed by atoms with Crippen molar-refractivity contribution in [2.75, 3.05) is 0 Å². The highest BCUT2D eigenvalue weighted by atomic mass is 127. The van der Waals surface area contributed by atoms with Crippen molar-refractivity contribution in [3.8, 4) is 5.75 Å². The van der Waals surface area contributed by atoms with Crippen LogP contribution < -0.4 is 4.74 Å². The van der Waals surface area contributed by atoms with Crippen LogP contribution in [-0.4, -0.2) is 15.9 Å². The second kappa shape index (κ2) is 9.02. The number of rotatable bonds is 6. The number of hydrogen-bond donors (Lipinski definition) is 0. The van der Waals surface area contributed by atoms with Crippen LogP contribution in [0.3, 0.4) is 0 Å². The SMILES string of the molecule is CC(C)Oc1ccc2c(c1)c(I)nn2C(c1ccccc1)(c1ccccc1)c1ccccc1. The summed E-state index contributed by atoms with van der Waals surface area (Å²) in [7, 11) is 0. The van der Waals surface area contributed by atoms with Gasteiger partial charge in [-0.2, -0.15) is 5.10 Å². The van der Waals surface area contributed by atoms with E-state index in [2.05, 4.69) is 130 Å². The molecule has 4 aromatic carbocycles. The van der Waals surface area contributed by atoms with E-state index in [0.717, 1.165) is 37.0 Å². The van der Waals surface area contributed by atoms with Crippen LogP contribution in [0.2, 0.25) is 0 Å². The molecule has 33 heavy (non-hydrogen) atoms. The number of aromatic nitrogens is 2. The van der Waals surface area contributed by atoms with Crippen LogP contribution >= 0.6 is 22.6 Å². The summed E-state index contributed by atoms with van der Waals surface area (Å²) in [6, 6.07) is 38.2. The maximum Gasteiger partial charge on any atom is 0.138 e. The van der Waals surface area contributed by atoms with E-state index in [-0.39, 0.29) is 6.10 Å². The van der Waals surface area contributed by atoms with E-state index in [4.69, 9.17) is 9.84 Å². The Bertz CT molecular complexity index is 1270. The monoisotopic (exact) mass is 544 g/mol. The summed E-state index contributed by atoms with van der Waals surface area (Å²) in [6.45, 7) is 4.09. The Morgan fingerprint density at radius 1 is 0.727 bits per heavy atom. The van der Waals surface area contributed by atoms with E-state index in [9.17, 15) is 0 Å². The third-order valence-corrected chi connectivity index (χ3v) is 6.67. The number of fused-ring (bicyclic) bond motifs is 1. The van der Waals surface area contributed by atoms with Gasteiger partial charge in [0.25, 0.3) is 0 Å². The van der Waals surface area contributed by atoms with Gasteiger partial charge in [-0.3, -0.25) is 0 Å². The molecular formula is C29H25IN2O. The van der Waals surface area contributed by atoms with Crippen LogP contribution in [0.25, 0.3) is 10.9 Å². The van der Waals surface area contributed by atoms with Crippen molar-refractivity contribution in [3.05, 3.63) is 130 Å². The van der Waals surface area contributed by atoms with Crippen molar-refractivity contribution in [3.63, 3.8) is 0 Å². The molecule has 0 spiro atoms. The Morgan fingerprint density at radius 2 is 1.21 bits per heavy atom. The van der Waals surface area contributed by atoms with Crippen molar-refractivity contribution >= 4 is 33.5 Å². The van der Waals surface area contributed by atoms with Crippen LogP contribution in [0.5, 0.6) is 5.75 Å². The summed E-state index contributed by atoms with van der Waals surface area (Å²) >= 11 is 2.34. The molecule has 0 N–H and O–H groups in total. The van der Waals surface area contributed by atoms with Crippen molar-refractivity contribution < 1.29 is 4.74 Å². The molecule has 3 nitrogen and oxygen atoms in total. The molecule has 0 unspecified atom stereocenters. The van der Waals surface area contributed by atoms with Crippen LogP contribution in [0.4, 0.5) is 0 Å². The van der Waals surface area contributed by atoms with Gasteiger partial charge in [-0.05, 0) is 71.3 Å². The van der Waals surface area contributed by atoms with Crippen molar-refractivity contribution in [2.24, 2.45) is 0 Å². The first-order chi connectivity index (χ1) is 16.1. The Hall–Kier alpha value is -3.12. The molecule has 4 heteroatoms. The molecule has 0 saturated carbocycles. The zero-order chi connectivity index (χ0) is 22.8. The molecule has 0 atom stereocenters. The van der Waals surface area contributed by atoms with Gasteiger partial charge in [0.2, 0.25) is 0 Å². The molecule has 5 rings (SSSR count). The summed E-state index contributed by atoms with van der Waals surface area (Å²) in [5, 5.41) is 6.24. The molecule has 0 saturated heterocycles. The lowest BCUT2D eigenvalue weighted by atomic mass is 9.77. The molecule has 0 bridgehead atoms. The lowest BCUT2D eigenvalue weighted by Crippen LogP contribution is -2.38. The summed E-state index contributed by atoms with van der Waals surface area (Å²) in [4.78, 5) is 0. The van der Waals surface area contributed by atoms with Gasteiger partial charge in [-0.15, -0.1) is 0 Å². The molecule has 0 radical (unpaired) electrons. The van der Waals surface area contributed by atoms with Crippen LogP contribution in [0.1, 0.15) is 30.5 Å². The third kappa shape index (κ3) is 3.82. The van der Waals surface area contributed by atoms with Gasteiger partial charge in [-0.1, -0.05) is 91.0 Å². The van der Waals surface area contributed by atoms with Gasteiger partial charge in [-0.25, -0.2) is 4.68 Å². The maximum atomic E-state index is 5.99. The van der Waals surface area contributed by atoms with E-state index in [1.807, 2.05) is 19.9 Å². The first kappa shape index (κ1) is 21.7. The zero-order valence-electron chi connectivity index (χ0n) is 18.7. The molecule has 0 aliphatic rings. The molecule has 5 aromatic rings. The second-order valence-corrected chi connectivity index (χ2v) is 9.38. The molecule has 0 amide bonds. The average Bonchev–Trinajstić information content (AvgIpc) is 3.17. The molecule has 0 fully saturated rings. The predicted octanol–water partition coefficient (Wildman–Crippen LogP) is 7.27. The minimum Gasteiger partial charge on any atom is -0.491 e. The standard InChI is InChI=1S/C29H25IN2O/c1-21(2)33-25-18-19-27-26(20-25)28(30)31-32(27)29(22-12-6-3-7-13-22,23-14-8-4-9-15-23)24-16-10-5-11-17-24/h3-21H,1-2H3. The zero-order valence-corrected chi connectivity index (χ0v) is 20.8. The van der Waals surface area contributed by atoms with E-state index >= 15 is 0 Å². The summed E-state index contributed by atoms with van der Waals surface area (Å²) in [5.74, 6) is 0.861. The Morgan fingerprint density at radius 3 is 1.67 bits per heavy atom. The number of benzene rings is 4. The normalized spacial score (nSPS) is 11.8. The Labute approximate surface area is 208 Å². The highest BCUT2D eigenvalue weighted by Gasteiger charge is 2.40. The molecular weight excluding hydrogens is 519 g/mol. The fourth-order valence-corrected chi connectivity index (χ4v) is 5.21. The summed E-state index contributed by atoms with van der Waals surface area (Å²) in [5.41, 5.74) is 3.90. The van der Waals surface area contributed by atoms with E-state index in [0.29, 0.717) is 0 Å². The lowest BCUT2D eigenvalue weighted by Gasteiger charge is -2.37. The minimum atomic E-state index is -0.633. The third-order valence-electron chi connectivity index (χ3n) is 5.87. The van der Waals surface area contributed by atoms with Gasteiger partial charge in [0.15, 0.2) is 0 Å². The first-order valence-corrected chi connectivity index (χ1v) is 12.2. The maximum absolute atomic E-state index is 5.99. The van der Waals surface area contributed by atoms with Crippen molar-refractivity contribution in [1.29, 1.82) is 0 Å². The van der Waals surface area contributed by atoms with Crippen LogP contribution in [0.15, 0.2) is 109 Å². The largest absolute Gasteiger partial charge is 0.491 e. The van der Waals surface area contributed by atoms with Gasteiger partial charge < -0.3 is 4.74 Å². The van der Waals surface area contributed by atoms with Gasteiger partial charge in [0.05, 0.1) is 11.6 Å². The smallest absolute Gasteiger partial charge is 0.138 e. The highest BCUT2D eigenvalue weighted by molar-refractivity contribution is 14.1. The highest BCUT2D eigenvalue weighted by Crippen LogP contribution is 2.43. The van der Waals surface area contributed by atoms with Crippen LogP contribution in [0, 0.1) is 3.70 Å². The number of nitrogens with zero attached hydrogens (tertiary/aromatic N) is 2. The molecule has 164 valence electrons. The second-order valence-electron chi connectivity index (χ2n) is 8.36. The summed E-state index contributed by atoms with van der Waals surface area (Å²) in [6.07, 6.45) is 0.118. The van der Waals surface area contributed by atoms with E-state index in [1.165, 1.54) is 0 Å². The topological polar surface area (TPSA) is 27.1 Å². The fourth-order valence-electron chi connectivity index (χ4n) is 4.57. The van der Waals surface area contributed by atoms with E-state index < -0.39 is 5.54 Å². The average molecular weight is 544 g/mol. The number of ether oxygens (including phenoxy) is 1. The Kier molecular flexibility index (Phi) is 5.94. The fraction of sp³-hybridized carbons (Fsp3) is 0.138. The minimum absolute atomic E-state index is 0.118. The van der Waals surface area contributed by atoms with Crippen molar-refractivity contribution in [2.45, 2.75) is 25.5 Å². The molecule has 0 aliphatic heterocycles. The molecule has 1 heterocycles. The molecule has 1 aromatic heterocycles. The summed E-state index contributed by atoms with van der Waals surface area (Å²) < 4.78 is 9.12. The quantitative estimate of drug-likeness (QED) is 0.166. The first-order valence-electron chi connectivity index (χ1n) is 11.1. The number of hydrogen-bond acceptors (Lipinski definition) is 2. The van der Waals surface area contributed by atoms with Gasteiger partial charge in [0.1, 0.15) is 15.0 Å². The van der Waals surface area contributed by atoms with Gasteiger partial charge >= 0.3 is 0 Å². The van der Waals surface area contributed by atoms with Crippen molar-refractivity contribution in [1.82, 2.24) is 9.78 Å². The van der Waals surface area contributed by atoms with Gasteiger partial charge in [0, 0.05) is 5.39 Å². The van der Waals surface area contributed by atoms with E-state index in [1.54, 1.807) is 0 Å². The lowest BCUT2D eigenvalue weighted by molar-refractivity contribution is 0.243. The van der Waals surface area contributed by atoms with Crippen LogP contribution in [-0.2, 0) is 5.54 Å². The predicted molar refractivity (Wildman–Crippen MR) is 143 cm³/mol. The Balaban J connectivity index is 1.89. The molecule has 0 aliphatic carbocycles. The number of halogens is 1.